The van der Waals surface area contributed by atoms with Crippen molar-refractivity contribution in [3.8, 4) is 16.6 Å². The Morgan fingerprint density at radius 3 is 3.00 bits per heavy atom. The summed E-state index contributed by atoms with van der Waals surface area (Å²) in [4.78, 5) is 15.5. The number of carbonyl (C=O) groups excluding carboxylic acids is 1. The highest BCUT2D eigenvalue weighted by Gasteiger charge is 2.07. The smallest absolute Gasteiger partial charge is 0.234 e. The largest absolute Gasteiger partial charge is 0.351 e. The number of hydrogen-bond donors (Lipinski definition) is 1. The minimum Gasteiger partial charge on any atom is -0.351 e. The highest BCUT2D eigenvalue weighted by atomic mass is 32.1. The molecule has 0 saturated carbocycles. The summed E-state index contributed by atoms with van der Waals surface area (Å²) >= 11 is 1.56. The zero-order valence-corrected chi connectivity index (χ0v) is 10.4. The summed E-state index contributed by atoms with van der Waals surface area (Å²) < 4.78 is 0. The van der Waals surface area contributed by atoms with E-state index in [0.717, 1.165) is 16.1 Å². The molecule has 1 heterocycles. The summed E-state index contributed by atoms with van der Waals surface area (Å²) in [5.41, 5.74) is 2.02. The van der Waals surface area contributed by atoms with E-state index in [2.05, 4.69) is 10.3 Å². The van der Waals surface area contributed by atoms with Crippen LogP contribution in [-0.4, -0.2) is 10.9 Å². The van der Waals surface area contributed by atoms with Gasteiger partial charge < -0.3 is 5.32 Å². The first-order valence-electron chi connectivity index (χ1n) is 5.42. The highest BCUT2D eigenvalue weighted by molar-refractivity contribution is 7.13. The number of nitriles is 1. The van der Waals surface area contributed by atoms with Crippen LogP contribution < -0.4 is 5.32 Å². The number of nitrogens with one attached hydrogen (secondary N) is 1. The zero-order chi connectivity index (χ0) is 12.8. The molecule has 1 amide bonds. The minimum absolute atomic E-state index is 0.112. The van der Waals surface area contributed by atoms with Crippen LogP contribution in [0.25, 0.3) is 10.6 Å². The van der Waals surface area contributed by atoms with Gasteiger partial charge in [-0.25, -0.2) is 4.98 Å². The minimum atomic E-state index is -0.258. The molecule has 1 N–H and O–H groups in total. The van der Waals surface area contributed by atoms with Crippen LogP contribution in [0.2, 0.25) is 0 Å². The van der Waals surface area contributed by atoms with Gasteiger partial charge in [-0.15, -0.1) is 11.3 Å². The van der Waals surface area contributed by atoms with Crippen molar-refractivity contribution >= 4 is 17.2 Å². The Kier molecular flexibility index (Phi) is 4.05. The first-order chi connectivity index (χ1) is 8.81. The molecule has 0 atom stereocenters. The summed E-state index contributed by atoms with van der Waals surface area (Å²) in [6.45, 7) is 0.413. The molecular weight excluding hydrogens is 246 g/mol. The maximum atomic E-state index is 11.3. The molecule has 0 aliphatic carbocycles. The number of rotatable bonds is 4. The van der Waals surface area contributed by atoms with Crippen LogP contribution >= 0.6 is 11.3 Å². The maximum absolute atomic E-state index is 11.3. The van der Waals surface area contributed by atoms with E-state index in [1.807, 2.05) is 35.7 Å². The average Bonchev–Trinajstić information content (AvgIpc) is 2.91. The van der Waals surface area contributed by atoms with Crippen molar-refractivity contribution in [1.29, 1.82) is 5.26 Å². The maximum Gasteiger partial charge on any atom is 0.234 e. The SMILES string of the molecule is N#CCC(=O)NCc1ccccc1-c1nccs1. The van der Waals surface area contributed by atoms with Crippen molar-refractivity contribution in [2.45, 2.75) is 13.0 Å². The lowest BCUT2D eigenvalue weighted by Gasteiger charge is -2.07. The molecule has 0 unspecified atom stereocenters. The van der Waals surface area contributed by atoms with Gasteiger partial charge in [0.2, 0.25) is 5.91 Å². The Hall–Kier alpha value is -2.19. The molecule has 2 aromatic rings. The van der Waals surface area contributed by atoms with Crippen LogP contribution in [-0.2, 0) is 11.3 Å². The van der Waals surface area contributed by atoms with Gasteiger partial charge in [0, 0.05) is 23.7 Å². The van der Waals surface area contributed by atoms with E-state index in [1.165, 1.54) is 0 Å². The molecule has 90 valence electrons. The van der Waals surface area contributed by atoms with Crippen LogP contribution in [0.1, 0.15) is 12.0 Å². The van der Waals surface area contributed by atoms with Gasteiger partial charge in [-0.3, -0.25) is 4.79 Å². The quantitative estimate of drug-likeness (QED) is 0.914. The molecule has 1 aromatic carbocycles. The van der Waals surface area contributed by atoms with Crippen molar-refractivity contribution < 1.29 is 4.79 Å². The van der Waals surface area contributed by atoms with Gasteiger partial charge in [0.05, 0.1) is 6.07 Å². The van der Waals surface area contributed by atoms with Crippen LogP contribution in [0.4, 0.5) is 0 Å². The fourth-order valence-corrected chi connectivity index (χ4v) is 2.27. The van der Waals surface area contributed by atoms with Crippen LogP contribution in [0.5, 0.6) is 0 Å². The summed E-state index contributed by atoms with van der Waals surface area (Å²) in [7, 11) is 0. The van der Waals surface area contributed by atoms with E-state index >= 15 is 0 Å². The van der Waals surface area contributed by atoms with E-state index < -0.39 is 0 Å². The molecule has 4 nitrogen and oxygen atoms in total. The molecule has 0 fully saturated rings. The van der Waals surface area contributed by atoms with Gasteiger partial charge in [-0.05, 0) is 5.56 Å². The van der Waals surface area contributed by atoms with Crippen molar-refractivity contribution in [2.24, 2.45) is 0 Å². The third-order valence-corrected chi connectivity index (χ3v) is 3.20. The lowest BCUT2D eigenvalue weighted by atomic mass is 10.1. The second-order valence-corrected chi connectivity index (χ2v) is 4.50. The fraction of sp³-hybridized carbons (Fsp3) is 0.154. The Morgan fingerprint density at radius 2 is 2.28 bits per heavy atom. The summed E-state index contributed by atoms with van der Waals surface area (Å²) in [5.74, 6) is -0.258. The first kappa shape index (κ1) is 12.3. The Bertz CT molecular complexity index is 572. The fourth-order valence-electron chi connectivity index (χ4n) is 1.57. The van der Waals surface area contributed by atoms with Crippen molar-refractivity contribution in [3.05, 3.63) is 41.4 Å². The molecule has 5 heteroatoms. The number of benzene rings is 1. The van der Waals surface area contributed by atoms with E-state index in [9.17, 15) is 4.79 Å². The first-order valence-corrected chi connectivity index (χ1v) is 6.30. The van der Waals surface area contributed by atoms with Crippen LogP contribution in [0, 0.1) is 11.3 Å². The van der Waals surface area contributed by atoms with E-state index in [-0.39, 0.29) is 12.3 Å². The predicted molar refractivity (Wildman–Crippen MR) is 69.6 cm³/mol. The topological polar surface area (TPSA) is 65.8 Å². The molecule has 0 radical (unpaired) electrons. The van der Waals surface area contributed by atoms with Crippen molar-refractivity contribution in [3.63, 3.8) is 0 Å². The summed E-state index contributed by atoms with van der Waals surface area (Å²) in [5, 5.41) is 14.0. The second kappa shape index (κ2) is 5.94. The Balaban J connectivity index is 2.14. The molecule has 18 heavy (non-hydrogen) atoms. The van der Waals surface area contributed by atoms with Crippen LogP contribution in [0.15, 0.2) is 35.8 Å². The molecular formula is C13H11N3OS. The van der Waals surface area contributed by atoms with Crippen LogP contribution in [0.3, 0.4) is 0 Å². The van der Waals surface area contributed by atoms with Crippen molar-refractivity contribution in [2.75, 3.05) is 0 Å². The highest BCUT2D eigenvalue weighted by Crippen LogP contribution is 2.25. The standard InChI is InChI=1S/C13H11N3OS/c14-6-5-12(17)16-9-10-3-1-2-4-11(10)13-15-7-8-18-13/h1-4,7-8H,5,9H2,(H,16,17). The zero-order valence-electron chi connectivity index (χ0n) is 9.59. The molecule has 0 spiro atoms. The lowest BCUT2D eigenvalue weighted by molar-refractivity contribution is -0.120. The second-order valence-electron chi connectivity index (χ2n) is 3.61. The number of hydrogen-bond acceptors (Lipinski definition) is 4. The lowest BCUT2D eigenvalue weighted by Crippen LogP contribution is -2.22. The summed E-state index contributed by atoms with van der Waals surface area (Å²) in [6.07, 6.45) is 1.64. The molecule has 0 saturated heterocycles. The van der Waals surface area contributed by atoms with Gasteiger partial charge >= 0.3 is 0 Å². The van der Waals surface area contributed by atoms with Gasteiger partial charge in [0.1, 0.15) is 11.4 Å². The average molecular weight is 257 g/mol. The van der Waals surface area contributed by atoms with E-state index in [0.29, 0.717) is 6.54 Å². The Labute approximate surface area is 109 Å². The third-order valence-electron chi connectivity index (χ3n) is 2.40. The monoisotopic (exact) mass is 257 g/mol. The van der Waals surface area contributed by atoms with Gasteiger partial charge in [0.15, 0.2) is 0 Å². The molecule has 1 aromatic heterocycles. The molecule has 0 aliphatic rings. The number of amides is 1. The normalized spacial score (nSPS) is 9.72. The number of aromatic nitrogens is 1. The number of nitrogens with zero attached hydrogens (tertiary/aromatic N) is 2. The van der Waals surface area contributed by atoms with Crippen molar-refractivity contribution in [1.82, 2.24) is 10.3 Å². The Morgan fingerprint density at radius 1 is 1.44 bits per heavy atom. The summed E-state index contributed by atoms with van der Waals surface area (Å²) in [6, 6.07) is 9.61. The van der Waals surface area contributed by atoms with E-state index in [1.54, 1.807) is 17.5 Å². The third kappa shape index (κ3) is 2.93. The van der Waals surface area contributed by atoms with Gasteiger partial charge in [-0.2, -0.15) is 5.26 Å². The number of thiazole rings is 1. The molecule has 0 bridgehead atoms. The van der Waals surface area contributed by atoms with Gasteiger partial charge in [-0.1, -0.05) is 24.3 Å². The van der Waals surface area contributed by atoms with E-state index in [4.69, 9.17) is 5.26 Å². The molecule has 0 aliphatic heterocycles. The molecule has 2 rings (SSSR count). The predicted octanol–water partition coefficient (Wildman–Crippen LogP) is 2.34. The number of carbonyl (C=O) groups is 1. The van der Waals surface area contributed by atoms with Gasteiger partial charge in [0.25, 0.3) is 0 Å².